The number of anilines is 1. The number of nitrogens with one attached hydrogen (secondary N) is 1. The topological polar surface area (TPSA) is 55.1 Å². The first kappa shape index (κ1) is 14.4. The normalized spacial score (nSPS) is 14.2. The number of benzene rings is 1. The van der Waals surface area contributed by atoms with Crippen molar-refractivity contribution < 1.29 is 9.18 Å². The van der Waals surface area contributed by atoms with Crippen molar-refractivity contribution in [2.75, 3.05) is 5.32 Å². The lowest BCUT2D eigenvalue weighted by Crippen LogP contribution is -2.48. The van der Waals surface area contributed by atoms with E-state index in [0.29, 0.717) is 15.7 Å². The molecule has 0 fully saturated rings. The standard InChI is InChI=1S/C12H16FIN2O/c1-3-7-12(2,15)11(17)16-9-6-4-5-8(13)10(9)14/h4-6H,3,7,15H2,1-2H3,(H,16,17). The molecule has 5 heteroatoms. The van der Waals surface area contributed by atoms with E-state index in [2.05, 4.69) is 5.32 Å². The molecule has 0 saturated heterocycles. The third-order valence-electron chi connectivity index (χ3n) is 2.49. The number of halogens is 2. The molecule has 0 heterocycles. The van der Waals surface area contributed by atoms with Crippen LogP contribution in [0.2, 0.25) is 0 Å². The maximum absolute atomic E-state index is 13.3. The number of carbonyl (C=O) groups is 1. The van der Waals surface area contributed by atoms with E-state index in [0.717, 1.165) is 6.42 Å². The number of nitrogens with two attached hydrogens (primary N) is 1. The summed E-state index contributed by atoms with van der Waals surface area (Å²) < 4.78 is 13.7. The van der Waals surface area contributed by atoms with E-state index in [1.165, 1.54) is 6.07 Å². The molecule has 0 spiro atoms. The van der Waals surface area contributed by atoms with Crippen molar-refractivity contribution in [3.8, 4) is 0 Å². The van der Waals surface area contributed by atoms with Gasteiger partial charge in [0.25, 0.3) is 0 Å². The number of hydrogen-bond acceptors (Lipinski definition) is 2. The summed E-state index contributed by atoms with van der Waals surface area (Å²) in [6.07, 6.45) is 1.41. The van der Waals surface area contributed by atoms with Gasteiger partial charge >= 0.3 is 0 Å². The van der Waals surface area contributed by atoms with E-state index in [1.807, 2.05) is 29.5 Å². The van der Waals surface area contributed by atoms with Gasteiger partial charge in [0.15, 0.2) is 0 Å². The molecular weight excluding hydrogens is 334 g/mol. The molecule has 1 amide bonds. The molecule has 1 rings (SSSR count). The smallest absolute Gasteiger partial charge is 0.244 e. The maximum atomic E-state index is 13.3. The van der Waals surface area contributed by atoms with Crippen LogP contribution in [0, 0.1) is 9.39 Å². The molecule has 0 aliphatic carbocycles. The van der Waals surface area contributed by atoms with Crippen molar-refractivity contribution in [1.82, 2.24) is 0 Å². The van der Waals surface area contributed by atoms with Gasteiger partial charge in [0.1, 0.15) is 5.82 Å². The zero-order valence-corrected chi connectivity index (χ0v) is 12.0. The molecule has 0 saturated carbocycles. The Morgan fingerprint density at radius 2 is 2.24 bits per heavy atom. The van der Waals surface area contributed by atoms with Gasteiger partial charge in [-0.3, -0.25) is 4.79 Å². The van der Waals surface area contributed by atoms with Crippen molar-refractivity contribution in [3.05, 3.63) is 27.6 Å². The average molecular weight is 350 g/mol. The lowest BCUT2D eigenvalue weighted by atomic mass is 9.96. The fraction of sp³-hybridized carbons (Fsp3) is 0.417. The van der Waals surface area contributed by atoms with E-state index in [4.69, 9.17) is 5.73 Å². The minimum atomic E-state index is -0.926. The van der Waals surface area contributed by atoms with Gasteiger partial charge in [-0.1, -0.05) is 19.4 Å². The molecule has 0 radical (unpaired) electrons. The second-order valence-electron chi connectivity index (χ2n) is 4.22. The summed E-state index contributed by atoms with van der Waals surface area (Å²) in [5.74, 6) is -0.638. The molecular formula is C12H16FIN2O. The van der Waals surface area contributed by atoms with Gasteiger partial charge in [0.2, 0.25) is 5.91 Å². The zero-order valence-electron chi connectivity index (χ0n) is 9.89. The van der Waals surface area contributed by atoms with Crippen LogP contribution < -0.4 is 11.1 Å². The number of rotatable bonds is 4. The number of hydrogen-bond donors (Lipinski definition) is 2. The summed E-state index contributed by atoms with van der Waals surface area (Å²) in [5.41, 5.74) is 5.43. The van der Waals surface area contributed by atoms with Gasteiger partial charge in [0, 0.05) is 0 Å². The summed E-state index contributed by atoms with van der Waals surface area (Å²) in [7, 11) is 0. The number of amides is 1. The van der Waals surface area contributed by atoms with Crippen LogP contribution >= 0.6 is 22.6 Å². The molecule has 1 aromatic carbocycles. The van der Waals surface area contributed by atoms with Crippen molar-refractivity contribution >= 4 is 34.2 Å². The van der Waals surface area contributed by atoms with E-state index in [1.54, 1.807) is 19.1 Å². The molecule has 0 bridgehead atoms. The van der Waals surface area contributed by atoms with E-state index >= 15 is 0 Å². The highest BCUT2D eigenvalue weighted by Crippen LogP contribution is 2.22. The Labute approximate surface area is 114 Å². The first-order valence-corrected chi connectivity index (χ1v) is 6.50. The van der Waals surface area contributed by atoms with Crippen LogP contribution in [-0.4, -0.2) is 11.4 Å². The van der Waals surface area contributed by atoms with Crippen LogP contribution in [0.4, 0.5) is 10.1 Å². The third-order valence-corrected chi connectivity index (χ3v) is 3.58. The molecule has 17 heavy (non-hydrogen) atoms. The SMILES string of the molecule is CCCC(C)(N)C(=O)Nc1cccc(F)c1I. The molecule has 0 aliphatic rings. The van der Waals surface area contributed by atoms with E-state index < -0.39 is 5.54 Å². The molecule has 3 nitrogen and oxygen atoms in total. The number of carbonyl (C=O) groups excluding carboxylic acids is 1. The first-order valence-electron chi connectivity index (χ1n) is 5.43. The Morgan fingerprint density at radius 1 is 1.59 bits per heavy atom. The third kappa shape index (κ3) is 3.64. The minimum absolute atomic E-state index is 0.289. The van der Waals surface area contributed by atoms with Crippen LogP contribution in [0.15, 0.2) is 18.2 Å². The van der Waals surface area contributed by atoms with Crippen molar-refractivity contribution in [3.63, 3.8) is 0 Å². The highest BCUT2D eigenvalue weighted by Gasteiger charge is 2.27. The fourth-order valence-corrected chi connectivity index (χ4v) is 1.99. The summed E-state index contributed by atoms with van der Waals surface area (Å²) in [5, 5.41) is 2.66. The Balaban J connectivity index is 2.85. The molecule has 3 N–H and O–H groups in total. The predicted molar refractivity (Wildman–Crippen MR) is 75.2 cm³/mol. The van der Waals surface area contributed by atoms with Gasteiger partial charge in [-0.25, -0.2) is 4.39 Å². The molecule has 94 valence electrons. The van der Waals surface area contributed by atoms with E-state index in [-0.39, 0.29) is 11.7 Å². The lowest BCUT2D eigenvalue weighted by Gasteiger charge is -2.23. The fourth-order valence-electron chi connectivity index (χ4n) is 1.50. The van der Waals surface area contributed by atoms with Gasteiger partial charge < -0.3 is 11.1 Å². The zero-order chi connectivity index (χ0) is 13.1. The molecule has 1 unspecified atom stereocenters. The summed E-state index contributed by atoms with van der Waals surface area (Å²) in [4.78, 5) is 11.9. The van der Waals surface area contributed by atoms with E-state index in [9.17, 15) is 9.18 Å². The molecule has 0 aromatic heterocycles. The highest BCUT2D eigenvalue weighted by molar-refractivity contribution is 14.1. The van der Waals surface area contributed by atoms with Crippen LogP contribution in [0.25, 0.3) is 0 Å². The maximum Gasteiger partial charge on any atom is 0.244 e. The predicted octanol–water partition coefficient (Wildman–Crippen LogP) is 2.89. The summed E-state index contributed by atoms with van der Waals surface area (Å²) >= 11 is 1.86. The highest BCUT2D eigenvalue weighted by atomic mass is 127. The Hall–Kier alpha value is -0.690. The van der Waals surface area contributed by atoms with Gasteiger partial charge in [0.05, 0.1) is 14.8 Å². The Morgan fingerprint density at radius 3 is 2.82 bits per heavy atom. The molecule has 0 aliphatic heterocycles. The summed E-state index contributed by atoms with van der Waals surface area (Å²) in [6.45, 7) is 3.64. The van der Waals surface area contributed by atoms with Crippen LogP contribution in [0.5, 0.6) is 0 Å². The van der Waals surface area contributed by atoms with Gasteiger partial charge in [-0.05, 0) is 48.1 Å². The van der Waals surface area contributed by atoms with Crippen molar-refractivity contribution in [2.24, 2.45) is 5.73 Å². The van der Waals surface area contributed by atoms with Crippen molar-refractivity contribution in [1.29, 1.82) is 0 Å². The molecule has 1 atom stereocenters. The van der Waals surface area contributed by atoms with Crippen molar-refractivity contribution in [2.45, 2.75) is 32.2 Å². The molecule has 1 aromatic rings. The summed E-state index contributed by atoms with van der Waals surface area (Å²) in [6, 6.07) is 4.57. The van der Waals surface area contributed by atoms with Gasteiger partial charge in [-0.15, -0.1) is 0 Å². The quantitative estimate of drug-likeness (QED) is 0.821. The van der Waals surface area contributed by atoms with Crippen LogP contribution in [0.3, 0.4) is 0 Å². The van der Waals surface area contributed by atoms with Crippen LogP contribution in [0.1, 0.15) is 26.7 Å². The second-order valence-corrected chi connectivity index (χ2v) is 5.30. The minimum Gasteiger partial charge on any atom is -0.323 e. The monoisotopic (exact) mass is 350 g/mol. The Kier molecular flexibility index (Phi) is 4.88. The van der Waals surface area contributed by atoms with Crippen LogP contribution in [-0.2, 0) is 4.79 Å². The largest absolute Gasteiger partial charge is 0.323 e. The average Bonchev–Trinajstić information content (AvgIpc) is 2.24. The van der Waals surface area contributed by atoms with Gasteiger partial charge in [-0.2, -0.15) is 0 Å². The lowest BCUT2D eigenvalue weighted by molar-refractivity contribution is -0.120. The second kappa shape index (κ2) is 5.77. The Bertz CT molecular complexity index is 421. The first-order chi connectivity index (χ1) is 7.88.